The Hall–Kier alpha value is 1.45. The first-order chi connectivity index (χ1) is 7.56. The molecule has 0 rings (SSSR count). The van der Waals surface area contributed by atoms with Crippen LogP contribution in [0.5, 0.6) is 0 Å². The second kappa shape index (κ2) is 10.4. The summed E-state index contributed by atoms with van der Waals surface area (Å²) < 4.78 is 0. The molecule has 16 heavy (non-hydrogen) atoms. The Bertz CT molecular complexity index is 164. The third-order valence-corrected chi connectivity index (χ3v) is 4.65. The molecular weight excluding hydrogens is 309 g/mol. The van der Waals surface area contributed by atoms with Crippen LogP contribution >= 0.6 is 58.0 Å². The van der Waals surface area contributed by atoms with Crippen LogP contribution in [0.2, 0.25) is 0 Å². The largest absolute Gasteiger partial charge is 0.127 e. The van der Waals surface area contributed by atoms with Gasteiger partial charge in [0, 0.05) is 27.9 Å². The molecule has 0 nitrogen and oxygen atoms in total. The lowest BCUT2D eigenvalue weighted by Crippen LogP contribution is -2.28. The van der Waals surface area contributed by atoms with E-state index in [1.54, 1.807) is 0 Å². The van der Waals surface area contributed by atoms with Crippen LogP contribution in [-0.4, -0.2) is 27.9 Å². The van der Waals surface area contributed by atoms with E-state index in [0.29, 0.717) is 11.8 Å². The summed E-state index contributed by atoms with van der Waals surface area (Å²) >= 11 is 30.2. The molecule has 0 N–H and O–H groups in total. The molecule has 0 aromatic rings. The number of rotatable bonds is 9. The highest BCUT2D eigenvalue weighted by atomic mass is 35.5. The highest BCUT2D eigenvalue weighted by Gasteiger charge is 2.27. The first kappa shape index (κ1) is 17.4. The summed E-state index contributed by atoms with van der Waals surface area (Å²) in [4.78, 5) is 0. The SMILES string of the molecule is CCC(Cl)CC(Cl)C(CCCl)C(Cl)CCCl. The summed E-state index contributed by atoms with van der Waals surface area (Å²) in [6, 6.07) is 0. The van der Waals surface area contributed by atoms with Gasteiger partial charge in [0.1, 0.15) is 0 Å². The van der Waals surface area contributed by atoms with Crippen molar-refractivity contribution in [3.8, 4) is 0 Å². The van der Waals surface area contributed by atoms with Crippen molar-refractivity contribution in [3.63, 3.8) is 0 Å². The Labute approximate surface area is 124 Å². The molecule has 0 aliphatic carbocycles. The molecule has 0 aliphatic heterocycles. The minimum absolute atomic E-state index is 0.0144. The zero-order valence-electron chi connectivity index (χ0n) is 9.44. The van der Waals surface area contributed by atoms with Gasteiger partial charge in [-0.1, -0.05) is 6.92 Å². The van der Waals surface area contributed by atoms with Crippen LogP contribution in [-0.2, 0) is 0 Å². The fraction of sp³-hybridized carbons (Fsp3) is 1.00. The molecule has 0 radical (unpaired) electrons. The van der Waals surface area contributed by atoms with Crippen molar-refractivity contribution < 1.29 is 0 Å². The van der Waals surface area contributed by atoms with Gasteiger partial charge in [0.25, 0.3) is 0 Å². The van der Waals surface area contributed by atoms with Crippen LogP contribution in [0.4, 0.5) is 0 Å². The maximum atomic E-state index is 6.36. The fourth-order valence-corrected chi connectivity index (χ4v) is 3.50. The maximum absolute atomic E-state index is 6.36. The molecule has 0 fully saturated rings. The fourth-order valence-electron chi connectivity index (χ4n) is 1.62. The van der Waals surface area contributed by atoms with Crippen LogP contribution < -0.4 is 0 Å². The third kappa shape index (κ3) is 7.01. The highest BCUT2D eigenvalue weighted by Crippen LogP contribution is 2.30. The van der Waals surface area contributed by atoms with Gasteiger partial charge in [0.15, 0.2) is 0 Å². The standard InChI is InChI=1S/C11H19Cl5/c1-2-8(14)7-11(16)9(3-5-12)10(15)4-6-13/h8-11H,2-7H2,1H3. The first-order valence-corrected chi connectivity index (χ1v) is 7.98. The van der Waals surface area contributed by atoms with E-state index < -0.39 is 0 Å². The van der Waals surface area contributed by atoms with E-state index in [2.05, 4.69) is 6.92 Å². The lowest BCUT2D eigenvalue weighted by Gasteiger charge is -2.27. The Morgan fingerprint density at radius 1 is 0.875 bits per heavy atom. The lowest BCUT2D eigenvalue weighted by atomic mass is 9.93. The van der Waals surface area contributed by atoms with E-state index in [4.69, 9.17) is 58.0 Å². The molecule has 0 amide bonds. The van der Waals surface area contributed by atoms with Gasteiger partial charge >= 0.3 is 0 Å². The monoisotopic (exact) mass is 326 g/mol. The molecule has 0 spiro atoms. The Morgan fingerprint density at radius 2 is 1.44 bits per heavy atom. The van der Waals surface area contributed by atoms with Gasteiger partial charge in [-0.3, -0.25) is 0 Å². The van der Waals surface area contributed by atoms with E-state index >= 15 is 0 Å². The van der Waals surface area contributed by atoms with Gasteiger partial charge < -0.3 is 0 Å². The van der Waals surface area contributed by atoms with E-state index in [9.17, 15) is 0 Å². The van der Waals surface area contributed by atoms with E-state index in [1.807, 2.05) is 0 Å². The van der Waals surface area contributed by atoms with Gasteiger partial charge in [-0.15, -0.1) is 58.0 Å². The van der Waals surface area contributed by atoms with Crippen molar-refractivity contribution in [2.75, 3.05) is 11.8 Å². The average molecular weight is 329 g/mol. The van der Waals surface area contributed by atoms with Crippen LogP contribution in [0.15, 0.2) is 0 Å². The average Bonchev–Trinajstić information content (AvgIpc) is 2.25. The topological polar surface area (TPSA) is 0 Å². The Kier molecular flexibility index (Phi) is 11.3. The minimum atomic E-state index is -0.0214. The molecule has 98 valence electrons. The molecule has 0 saturated heterocycles. The second-order valence-corrected chi connectivity index (χ2v) is 6.39. The van der Waals surface area contributed by atoms with Crippen molar-refractivity contribution in [2.45, 2.75) is 48.7 Å². The summed E-state index contributed by atoms with van der Waals surface area (Å²) in [6.07, 6.45) is 3.26. The Balaban J connectivity index is 4.26. The predicted molar refractivity (Wildman–Crippen MR) is 78.0 cm³/mol. The lowest BCUT2D eigenvalue weighted by molar-refractivity contribution is 0.430. The summed E-state index contributed by atoms with van der Waals surface area (Å²) in [7, 11) is 0. The highest BCUT2D eigenvalue weighted by molar-refractivity contribution is 6.25. The molecule has 0 aromatic heterocycles. The number of halogens is 5. The van der Waals surface area contributed by atoms with Crippen molar-refractivity contribution in [1.82, 2.24) is 0 Å². The molecule has 0 aliphatic rings. The van der Waals surface area contributed by atoms with Gasteiger partial charge in [-0.05, 0) is 31.6 Å². The molecule has 0 saturated carbocycles. The zero-order valence-corrected chi connectivity index (χ0v) is 13.2. The molecule has 0 aromatic carbocycles. The van der Waals surface area contributed by atoms with Crippen LogP contribution in [0.3, 0.4) is 0 Å². The molecule has 5 heteroatoms. The summed E-state index contributed by atoms with van der Waals surface area (Å²) in [5.74, 6) is 1.31. The van der Waals surface area contributed by atoms with Gasteiger partial charge in [0.2, 0.25) is 0 Å². The minimum Gasteiger partial charge on any atom is -0.127 e. The zero-order chi connectivity index (χ0) is 12.6. The Morgan fingerprint density at radius 3 is 1.88 bits per heavy atom. The smallest absolute Gasteiger partial charge is 0.0392 e. The molecule has 0 heterocycles. The second-order valence-electron chi connectivity index (χ2n) is 3.89. The number of hydrogen-bond donors (Lipinski definition) is 0. The number of hydrogen-bond acceptors (Lipinski definition) is 0. The van der Waals surface area contributed by atoms with Crippen molar-refractivity contribution in [1.29, 1.82) is 0 Å². The quantitative estimate of drug-likeness (QED) is 0.491. The maximum Gasteiger partial charge on any atom is 0.0392 e. The molecule has 0 bridgehead atoms. The van der Waals surface area contributed by atoms with E-state index in [1.165, 1.54) is 0 Å². The predicted octanol–water partition coefficient (Wildman–Crippen LogP) is 5.48. The van der Waals surface area contributed by atoms with Crippen molar-refractivity contribution in [3.05, 3.63) is 0 Å². The van der Waals surface area contributed by atoms with Crippen LogP contribution in [0.25, 0.3) is 0 Å². The van der Waals surface area contributed by atoms with Gasteiger partial charge in [-0.25, -0.2) is 0 Å². The molecule has 4 atom stereocenters. The van der Waals surface area contributed by atoms with E-state index in [0.717, 1.165) is 25.7 Å². The van der Waals surface area contributed by atoms with Crippen molar-refractivity contribution >= 4 is 58.0 Å². The van der Waals surface area contributed by atoms with Crippen molar-refractivity contribution in [2.24, 2.45) is 5.92 Å². The summed E-state index contributed by atoms with van der Waals surface area (Å²) in [6.45, 7) is 2.05. The van der Waals surface area contributed by atoms with Gasteiger partial charge in [0.05, 0.1) is 0 Å². The van der Waals surface area contributed by atoms with Crippen LogP contribution in [0, 0.1) is 5.92 Å². The summed E-state index contributed by atoms with van der Waals surface area (Å²) in [5, 5.41) is 0.0755. The summed E-state index contributed by atoms with van der Waals surface area (Å²) in [5.41, 5.74) is 0. The van der Waals surface area contributed by atoms with Gasteiger partial charge in [-0.2, -0.15) is 0 Å². The molecule has 4 unspecified atom stereocenters. The normalized spacial score (nSPS) is 19.1. The third-order valence-electron chi connectivity index (χ3n) is 2.68. The first-order valence-electron chi connectivity index (χ1n) is 5.60. The number of alkyl halides is 5. The molecular formula is C11H19Cl5. The van der Waals surface area contributed by atoms with Crippen LogP contribution in [0.1, 0.15) is 32.6 Å². The van der Waals surface area contributed by atoms with E-state index in [-0.39, 0.29) is 22.0 Å².